The lowest BCUT2D eigenvalue weighted by atomic mass is 10.3. The van der Waals surface area contributed by atoms with E-state index in [9.17, 15) is 14.3 Å². The van der Waals surface area contributed by atoms with Crippen molar-refractivity contribution in [3.8, 4) is 0 Å². The Balaban J connectivity index is 2.68. The van der Waals surface area contributed by atoms with Gasteiger partial charge in [0.25, 0.3) is 5.65 Å². The summed E-state index contributed by atoms with van der Waals surface area (Å²) in [5.41, 5.74) is -0.714. The van der Waals surface area contributed by atoms with Gasteiger partial charge < -0.3 is 14.7 Å². The zero-order chi connectivity index (χ0) is 11.3. The van der Waals surface area contributed by atoms with Gasteiger partial charge in [0.2, 0.25) is 7.60 Å². The smallest absolute Gasteiger partial charge is 0.295 e. The Bertz CT molecular complexity index is 379. The lowest BCUT2D eigenvalue weighted by Gasteiger charge is -2.20. The molecule has 0 saturated carbocycles. The molecule has 6 heteroatoms. The van der Waals surface area contributed by atoms with Crippen LogP contribution in [0, 0.1) is 0 Å². The second-order valence-electron chi connectivity index (χ2n) is 2.71. The average Bonchev–Trinajstić information content (AvgIpc) is 2.19. The molecule has 0 bridgehead atoms. The van der Waals surface area contributed by atoms with Gasteiger partial charge in [-0.15, -0.1) is 0 Å². The topological polar surface area (TPSA) is 78.5 Å². The van der Waals surface area contributed by atoms with Crippen molar-refractivity contribution >= 4 is 18.9 Å². The van der Waals surface area contributed by atoms with E-state index in [2.05, 4.69) is 9.84 Å². The van der Waals surface area contributed by atoms with E-state index in [4.69, 9.17) is 0 Å². The van der Waals surface area contributed by atoms with Gasteiger partial charge in [0, 0.05) is 5.69 Å². The molecule has 5 nitrogen and oxygen atoms in total. The first-order chi connectivity index (χ1) is 7.06. The number of amides is 1. The molecule has 0 radical (unpaired) electrons. The summed E-state index contributed by atoms with van der Waals surface area (Å²) in [6, 6.07) is 8.31. The summed E-state index contributed by atoms with van der Waals surface area (Å²) >= 11 is 0. The number of hydrogen-bond acceptors (Lipinski definition) is 4. The van der Waals surface area contributed by atoms with Crippen LogP contribution in [0.5, 0.6) is 0 Å². The highest BCUT2D eigenvalue weighted by Crippen LogP contribution is 2.38. The summed E-state index contributed by atoms with van der Waals surface area (Å²) in [6.07, 6.45) is 0. The van der Waals surface area contributed by atoms with E-state index in [-0.39, 0.29) is 6.61 Å². The van der Waals surface area contributed by atoms with Crippen LogP contribution in [0.15, 0.2) is 30.3 Å². The molecule has 0 heterocycles. The lowest BCUT2D eigenvalue weighted by Crippen LogP contribution is -2.19. The van der Waals surface area contributed by atoms with Crippen LogP contribution in [0.2, 0.25) is 0 Å². The molecule has 0 aliphatic rings. The first kappa shape index (κ1) is 11.9. The van der Waals surface area contributed by atoms with Gasteiger partial charge in [0.1, 0.15) is 0 Å². The largest absolute Gasteiger partial charge is 0.772 e. The predicted molar refractivity (Wildman–Crippen MR) is 54.7 cm³/mol. The normalized spacial score (nSPS) is 14.3. The van der Waals surface area contributed by atoms with E-state index in [1.165, 1.54) is 6.92 Å². The molecule has 0 saturated heterocycles. The fraction of sp³-hybridized carbons (Fsp3) is 0.222. The highest BCUT2D eigenvalue weighted by Gasteiger charge is 2.19. The van der Waals surface area contributed by atoms with Gasteiger partial charge in [0.05, 0.1) is 6.61 Å². The van der Waals surface area contributed by atoms with Crippen LogP contribution in [0.1, 0.15) is 6.92 Å². The van der Waals surface area contributed by atoms with Crippen molar-refractivity contribution in [2.24, 2.45) is 0 Å². The molecule has 1 atom stereocenters. The van der Waals surface area contributed by atoms with Crippen molar-refractivity contribution in [1.29, 1.82) is 0 Å². The average molecular weight is 228 g/mol. The van der Waals surface area contributed by atoms with E-state index < -0.39 is 13.2 Å². The van der Waals surface area contributed by atoms with Gasteiger partial charge in [-0.2, -0.15) is 0 Å². The van der Waals surface area contributed by atoms with Crippen LogP contribution >= 0.6 is 7.60 Å². The third-order valence-corrected chi connectivity index (χ3v) is 2.78. The number of nitrogens with one attached hydrogen (secondary N) is 1. The van der Waals surface area contributed by atoms with Gasteiger partial charge >= 0.3 is 0 Å². The van der Waals surface area contributed by atoms with E-state index in [0.717, 1.165) is 0 Å². The maximum atomic E-state index is 11.2. The van der Waals surface area contributed by atoms with Crippen LogP contribution in [0.4, 0.5) is 10.5 Å². The number of hydrogen-bond donors (Lipinski definition) is 1. The lowest BCUT2D eigenvalue weighted by molar-refractivity contribution is -0.193. The Kier molecular flexibility index (Phi) is 4.03. The van der Waals surface area contributed by atoms with Crippen molar-refractivity contribution in [2.75, 3.05) is 11.9 Å². The molecule has 1 rings (SSSR count). The molecule has 1 amide bonds. The first-order valence-electron chi connectivity index (χ1n) is 4.38. The van der Waals surface area contributed by atoms with E-state index in [1.807, 2.05) is 0 Å². The molecule has 1 aromatic rings. The Hall–Kier alpha value is -1.16. The predicted octanol–water partition coefficient (Wildman–Crippen LogP) is 1.81. The van der Waals surface area contributed by atoms with Crippen LogP contribution in [0.25, 0.3) is 0 Å². The molecule has 0 aliphatic carbocycles. The molecule has 0 aliphatic heterocycles. The fourth-order valence-corrected chi connectivity index (χ4v) is 1.67. The minimum Gasteiger partial charge on any atom is -0.772 e. The van der Waals surface area contributed by atoms with Crippen molar-refractivity contribution in [3.63, 3.8) is 0 Å². The van der Waals surface area contributed by atoms with Gasteiger partial charge in [-0.25, -0.2) is 0 Å². The van der Waals surface area contributed by atoms with Gasteiger partial charge in [-0.1, -0.05) is 18.2 Å². The summed E-state index contributed by atoms with van der Waals surface area (Å²) < 4.78 is 15.5. The van der Waals surface area contributed by atoms with Crippen molar-refractivity contribution in [3.05, 3.63) is 30.3 Å². The molecule has 0 spiro atoms. The number of carbonyl (C=O) groups is 1. The van der Waals surface area contributed by atoms with Crippen molar-refractivity contribution in [1.82, 2.24) is 0 Å². The molecule has 82 valence electrons. The van der Waals surface area contributed by atoms with Gasteiger partial charge in [-0.05, 0) is 19.1 Å². The molecule has 15 heavy (non-hydrogen) atoms. The van der Waals surface area contributed by atoms with Crippen LogP contribution in [0.3, 0.4) is 0 Å². The maximum absolute atomic E-state index is 11.2. The van der Waals surface area contributed by atoms with Crippen molar-refractivity contribution in [2.45, 2.75) is 6.92 Å². The standard InChI is InChI=1S/C9H12NO4P/c1-2-14-15(12,13)9(11)10-8-6-4-3-5-7-8/h3-7H,2H2,1H3,(H,10,11)(H,12,13)/p-1. The highest BCUT2D eigenvalue weighted by molar-refractivity contribution is 7.70. The molecule has 1 N–H and O–H groups in total. The number of benzene rings is 1. The molecule has 0 aromatic heterocycles. The Morgan fingerprint density at radius 3 is 2.60 bits per heavy atom. The Morgan fingerprint density at radius 1 is 1.47 bits per heavy atom. The van der Waals surface area contributed by atoms with Crippen molar-refractivity contribution < 1.29 is 18.8 Å². The molecular weight excluding hydrogens is 217 g/mol. The third kappa shape index (κ3) is 3.47. The third-order valence-electron chi connectivity index (χ3n) is 1.57. The minimum absolute atomic E-state index is 0.0526. The summed E-state index contributed by atoms with van der Waals surface area (Å²) in [5, 5.41) is 2.23. The monoisotopic (exact) mass is 228 g/mol. The minimum atomic E-state index is -4.45. The van der Waals surface area contributed by atoms with Crippen LogP contribution < -0.4 is 10.2 Å². The summed E-state index contributed by atoms with van der Waals surface area (Å²) in [6.45, 7) is 1.45. The van der Waals surface area contributed by atoms with Gasteiger partial charge in [-0.3, -0.25) is 9.36 Å². The molecule has 1 aromatic carbocycles. The zero-order valence-electron chi connectivity index (χ0n) is 8.17. The number of rotatable bonds is 4. The SMILES string of the molecule is CCOP(=O)([O-])C(=O)Nc1ccccc1. The summed E-state index contributed by atoms with van der Waals surface area (Å²) in [7, 11) is -4.45. The number of carbonyl (C=O) groups excluding carboxylic acids is 1. The second kappa shape index (κ2) is 5.07. The Morgan fingerprint density at radius 2 is 2.07 bits per heavy atom. The molecule has 0 fully saturated rings. The van der Waals surface area contributed by atoms with Crippen LogP contribution in [-0.4, -0.2) is 12.3 Å². The second-order valence-corrected chi connectivity index (χ2v) is 4.37. The van der Waals surface area contributed by atoms with E-state index >= 15 is 0 Å². The van der Waals surface area contributed by atoms with E-state index in [0.29, 0.717) is 5.69 Å². The first-order valence-corrected chi connectivity index (χ1v) is 5.92. The highest BCUT2D eigenvalue weighted by atomic mass is 31.2. The van der Waals surface area contributed by atoms with Gasteiger partial charge in [0.15, 0.2) is 0 Å². The number of anilines is 1. The van der Waals surface area contributed by atoms with E-state index in [1.54, 1.807) is 30.3 Å². The maximum Gasteiger partial charge on any atom is 0.295 e. The fourth-order valence-electron chi connectivity index (χ4n) is 0.942. The molecule has 1 unspecified atom stereocenters. The summed E-state index contributed by atoms with van der Waals surface area (Å²) in [5.74, 6) is 0. The summed E-state index contributed by atoms with van der Waals surface area (Å²) in [4.78, 5) is 22.3. The Labute approximate surface area is 87.6 Å². The zero-order valence-corrected chi connectivity index (χ0v) is 9.07. The number of para-hydroxylation sites is 1. The molecular formula is C9H11NO4P-. The quantitative estimate of drug-likeness (QED) is 0.797. The van der Waals surface area contributed by atoms with Crippen LogP contribution in [-0.2, 0) is 9.09 Å².